The van der Waals surface area contributed by atoms with Crippen molar-refractivity contribution in [2.24, 2.45) is 0 Å². The summed E-state index contributed by atoms with van der Waals surface area (Å²) in [6.45, 7) is 3.26. The number of rotatable bonds is 6. The first kappa shape index (κ1) is 25.2. The lowest BCUT2D eigenvalue weighted by molar-refractivity contribution is -0.137. The molecule has 1 aliphatic carbocycles. The van der Waals surface area contributed by atoms with Crippen molar-refractivity contribution < 1.29 is 32.6 Å². The van der Waals surface area contributed by atoms with E-state index < -0.39 is 40.4 Å². The number of pyridine rings is 1. The highest BCUT2D eigenvalue weighted by molar-refractivity contribution is 7.81. The average molecular weight is 520 g/mol. The van der Waals surface area contributed by atoms with Gasteiger partial charge < -0.3 is 20.1 Å². The second kappa shape index (κ2) is 8.63. The van der Waals surface area contributed by atoms with E-state index in [0.29, 0.717) is 18.5 Å². The predicted molar refractivity (Wildman–Crippen MR) is 126 cm³/mol. The first-order valence-corrected chi connectivity index (χ1v) is 11.1. The Morgan fingerprint density at radius 1 is 1.28 bits per heavy atom. The van der Waals surface area contributed by atoms with Crippen LogP contribution >= 0.6 is 12.2 Å². The molecule has 2 amide bonds. The number of thiocarbonyl (C=S) groups is 1. The number of carbonyl (C=O) groups is 2. The van der Waals surface area contributed by atoms with Gasteiger partial charge in [0.1, 0.15) is 12.1 Å². The Labute approximate surface area is 209 Å². The Morgan fingerprint density at radius 2 is 1.94 bits per heavy atom. The van der Waals surface area contributed by atoms with Gasteiger partial charge in [-0.3, -0.25) is 9.69 Å². The van der Waals surface area contributed by atoms with Gasteiger partial charge in [0.2, 0.25) is 5.88 Å². The van der Waals surface area contributed by atoms with Crippen molar-refractivity contribution in [3.05, 3.63) is 47.7 Å². The van der Waals surface area contributed by atoms with Crippen molar-refractivity contribution in [3.63, 3.8) is 0 Å². The molecule has 0 spiro atoms. The summed E-state index contributed by atoms with van der Waals surface area (Å²) >= 11 is 5.49. The number of amides is 2. The molecule has 2 heterocycles. The van der Waals surface area contributed by atoms with Crippen LogP contribution < -0.4 is 19.9 Å². The van der Waals surface area contributed by atoms with Crippen LogP contribution in [0.25, 0.3) is 0 Å². The molecule has 2 aromatic rings. The topological polar surface area (TPSA) is 119 Å². The fourth-order valence-electron chi connectivity index (χ4n) is 3.94. The monoisotopic (exact) mass is 519 g/mol. The van der Waals surface area contributed by atoms with Crippen LogP contribution in [0.15, 0.2) is 36.5 Å². The summed E-state index contributed by atoms with van der Waals surface area (Å²) < 4.78 is 46.0. The molecule has 0 bridgehead atoms. The number of ether oxygens (including phenoxy) is 1. The van der Waals surface area contributed by atoms with Gasteiger partial charge in [-0.25, -0.2) is 9.78 Å². The molecular weight excluding hydrogens is 499 g/mol. The Balaban J connectivity index is 1.58. The predicted octanol–water partition coefficient (Wildman–Crippen LogP) is 4.07. The lowest BCUT2D eigenvalue weighted by atomic mass is 10.0. The van der Waals surface area contributed by atoms with Gasteiger partial charge in [-0.2, -0.15) is 18.4 Å². The smallest absolute Gasteiger partial charge is 0.417 e. The van der Waals surface area contributed by atoms with Crippen molar-refractivity contribution in [2.45, 2.75) is 43.9 Å². The van der Waals surface area contributed by atoms with Gasteiger partial charge in [0, 0.05) is 6.07 Å². The zero-order valence-electron chi connectivity index (χ0n) is 19.1. The lowest BCUT2D eigenvalue weighted by Crippen LogP contribution is -2.44. The summed E-state index contributed by atoms with van der Waals surface area (Å²) in [6.07, 6.45) is -3.22. The molecule has 1 saturated heterocycles. The van der Waals surface area contributed by atoms with Crippen LogP contribution in [0, 0.1) is 11.3 Å². The lowest BCUT2D eigenvalue weighted by Gasteiger charge is -2.29. The van der Waals surface area contributed by atoms with Gasteiger partial charge in [-0.15, -0.1) is 0 Å². The molecule has 36 heavy (non-hydrogen) atoms. The Hall–Kier alpha value is -3.92. The molecular formula is C23H20F3N5O4S. The molecule has 13 heteroatoms. The summed E-state index contributed by atoms with van der Waals surface area (Å²) in [7, 11) is 0. The number of anilines is 2. The Bertz CT molecular complexity index is 1290. The fourth-order valence-corrected chi connectivity index (χ4v) is 4.47. The molecule has 1 aromatic heterocycles. The summed E-state index contributed by atoms with van der Waals surface area (Å²) in [6, 6.07) is 7.61. The number of hydrogen-bond donors (Lipinski definition) is 2. The Morgan fingerprint density at radius 3 is 2.47 bits per heavy atom. The minimum atomic E-state index is -4.79. The zero-order chi connectivity index (χ0) is 26.5. The largest absolute Gasteiger partial charge is 0.475 e. The van der Waals surface area contributed by atoms with Gasteiger partial charge in [-0.05, 0) is 63.2 Å². The van der Waals surface area contributed by atoms with Gasteiger partial charge in [0.25, 0.3) is 5.91 Å². The molecule has 4 rings (SSSR count). The fraction of sp³-hybridized carbons (Fsp3) is 0.348. The normalized spacial score (nSPS) is 18.1. The van der Waals surface area contributed by atoms with Crippen molar-refractivity contribution >= 4 is 40.7 Å². The summed E-state index contributed by atoms with van der Waals surface area (Å²) in [5.41, 5.74) is -3.32. The number of nitrogens with zero attached hydrogens (tertiary/aromatic N) is 4. The van der Waals surface area contributed by atoms with E-state index in [1.165, 1.54) is 29.3 Å². The van der Waals surface area contributed by atoms with Crippen molar-refractivity contribution in [1.82, 2.24) is 10.3 Å². The van der Waals surface area contributed by atoms with E-state index in [4.69, 9.17) is 27.3 Å². The number of halogens is 3. The number of carboxylic acid groups (broad SMARTS) is 1. The third kappa shape index (κ3) is 4.51. The second-order valence-corrected chi connectivity index (χ2v) is 9.38. The van der Waals surface area contributed by atoms with Crippen LogP contribution in [0.3, 0.4) is 0 Å². The van der Waals surface area contributed by atoms with Crippen LogP contribution in [0.4, 0.5) is 29.3 Å². The number of alkyl halides is 3. The number of carbonyl (C=O) groups excluding carboxylic acids is 1. The molecule has 2 N–H and O–H groups in total. The van der Waals surface area contributed by atoms with E-state index in [0.717, 1.165) is 17.0 Å². The van der Waals surface area contributed by atoms with E-state index in [-0.39, 0.29) is 23.3 Å². The highest BCUT2D eigenvalue weighted by Gasteiger charge is 2.51. The summed E-state index contributed by atoms with van der Waals surface area (Å²) in [5.74, 6) is -0.327. The first-order valence-electron chi connectivity index (χ1n) is 10.7. The zero-order valence-corrected chi connectivity index (χ0v) is 19.9. The average Bonchev–Trinajstić information content (AvgIpc) is 3.53. The first-order chi connectivity index (χ1) is 16.8. The minimum Gasteiger partial charge on any atom is -0.475 e. The summed E-state index contributed by atoms with van der Waals surface area (Å²) in [4.78, 5) is 30.9. The maximum absolute atomic E-state index is 13.5. The van der Waals surface area contributed by atoms with Crippen LogP contribution in [0.1, 0.15) is 37.8 Å². The van der Waals surface area contributed by atoms with Gasteiger partial charge >= 0.3 is 12.3 Å². The highest BCUT2D eigenvalue weighted by Crippen LogP contribution is 2.40. The molecule has 0 radical (unpaired) electrons. The molecule has 0 unspecified atom stereocenters. The van der Waals surface area contributed by atoms with Crippen molar-refractivity contribution in [1.29, 1.82) is 5.26 Å². The van der Waals surface area contributed by atoms with E-state index >= 15 is 0 Å². The maximum Gasteiger partial charge on any atom is 0.417 e. The van der Waals surface area contributed by atoms with Crippen LogP contribution in [-0.4, -0.2) is 44.9 Å². The summed E-state index contributed by atoms with van der Waals surface area (Å²) in [5, 5.41) is 20.3. The third-order valence-electron chi connectivity index (χ3n) is 6.06. The van der Waals surface area contributed by atoms with Crippen LogP contribution in [0.2, 0.25) is 0 Å². The molecule has 188 valence electrons. The van der Waals surface area contributed by atoms with E-state index in [2.05, 4.69) is 10.3 Å². The SMILES string of the molecule is CC1(C)C(=O)N(c2ccc(C#N)c(C(F)(F)F)c2)C(=S)N1c1ccc(OCC2(NC(=O)O)CC2)nc1. The molecule has 2 aliphatic rings. The minimum absolute atomic E-state index is 0.0547. The maximum atomic E-state index is 13.5. The van der Waals surface area contributed by atoms with Crippen LogP contribution in [-0.2, 0) is 11.0 Å². The molecule has 1 saturated carbocycles. The van der Waals surface area contributed by atoms with Gasteiger partial charge in [-0.1, -0.05) is 0 Å². The molecule has 9 nitrogen and oxygen atoms in total. The second-order valence-electron chi connectivity index (χ2n) is 9.01. The quantitative estimate of drug-likeness (QED) is 0.549. The molecule has 1 aliphatic heterocycles. The van der Waals surface area contributed by atoms with Crippen molar-refractivity contribution in [3.8, 4) is 11.9 Å². The molecule has 0 atom stereocenters. The van der Waals surface area contributed by atoms with E-state index in [9.17, 15) is 22.8 Å². The van der Waals surface area contributed by atoms with Crippen molar-refractivity contribution in [2.75, 3.05) is 16.4 Å². The highest BCUT2D eigenvalue weighted by atomic mass is 32.1. The number of nitriles is 1. The van der Waals surface area contributed by atoms with Crippen LogP contribution in [0.5, 0.6) is 5.88 Å². The molecule has 1 aromatic carbocycles. The number of hydrogen-bond acceptors (Lipinski definition) is 6. The standard InChI is InChI=1S/C23H20F3N5O4S/c1-21(2)18(32)30(14-4-3-13(10-27)16(9-14)23(24,25)26)20(36)31(21)15-5-6-17(28-11-15)35-12-22(7-8-22)29-19(33)34/h3-6,9,11,29H,7-8,12H2,1-2H3,(H,33,34). The van der Waals surface area contributed by atoms with Gasteiger partial charge in [0.05, 0.1) is 40.3 Å². The van der Waals surface area contributed by atoms with E-state index in [1.54, 1.807) is 19.9 Å². The molecule has 2 fully saturated rings. The van der Waals surface area contributed by atoms with Gasteiger partial charge in [0.15, 0.2) is 5.11 Å². The Kier molecular flexibility index (Phi) is 6.04. The number of nitrogens with one attached hydrogen (secondary N) is 1. The number of benzene rings is 1. The third-order valence-corrected chi connectivity index (χ3v) is 6.42. The van der Waals surface area contributed by atoms with E-state index in [1.807, 2.05) is 0 Å². The number of aromatic nitrogens is 1.